The molecule has 0 saturated carbocycles. The maximum atomic E-state index is 12.2. The zero-order valence-corrected chi connectivity index (χ0v) is 13.8. The van der Waals surface area contributed by atoms with Crippen molar-refractivity contribution < 1.29 is 9.53 Å². The van der Waals surface area contributed by atoms with Crippen LogP contribution in [0.25, 0.3) is 0 Å². The van der Waals surface area contributed by atoms with Crippen LogP contribution in [-0.2, 0) is 11.2 Å². The molecular formula is C17H27N3O2. The first-order chi connectivity index (χ1) is 10.6. The van der Waals surface area contributed by atoms with Gasteiger partial charge in [-0.25, -0.2) is 4.79 Å². The van der Waals surface area contributed by atoms with Gasteiger partial charge in [0.15, 0.2) is 0 Å². The second-order valence-electron chi connectivity index (χ2n) is 6.17. The highest BCUT2D eigenvalue weighted by Crippen LogP contribution is 2.21. The van der Waals surface area contributed by atoms with Crippen molar-refractivity contribution in [2.24, 2.45) is 5.92 Å². The number of urea groups is 1. The van der Waals surface area contributed by atoms with E-state index in [4.69, 9.17) is 4.74 Å². The predicted molar refractivity (Wildman–Crippen MR) is 86.7 cm³/mol. The number of hydrogen-bond acceptors (Lipinski definition) is 3. The number of hydrogen-bond donors (Lipinski definition) is 1. The monoisotopic (exact) mass is 305 g/mol. The maximum Gasteiger partial charge on any atom is 0.317 e. The normalized spacial score (nSPS) is 18.8. The lowest BCUT2D eigenvalue weighted by molar-refractivity contribution is 0.0864. The highest BCUT2D eigenvalue weighted by Gasteiger charge is 2.24. The number of carbonyl (C=O) groups is 1. The minimum absolute atomic E-state index is 0.0191. The van der Waals surface area contributed by atoms with E-state index in [1.807, 2.05) is 31.0 Å². The summed E-state index contributed by atoms with van der Waals surface area (Å²) in [4.78, 5) is 18.3. The average Bonchev–Trinajstić information content (AvgIpc) is 2.55. The highest BCUT2D eigenvalue weighted by atomic mass is 16.5. The van der Waals surface area contributed by atoms with Crippen molar-refractivity contribution in [2.45, 2.75) is 45.3 Å². The standard InChI is InChI=1S/C17H27N3O2/c1-13(14(2)22-3)19-17(21)20-9-6-15(7-10-20)11-16-5-4-8-18-12-16/h4-5,8,12-15H,6-7,9-11H2,1-3H3,(H,19,21)/t13-,14+/m0/s1. The molecule has 1 aromatic heterocycles. The summed E-state index contributed by atoms with van der Waals surface area (Å²) in [5, 5.41) is 3.02. The van der Waals surface area contributed by atoms with Crippen LogP contribution in [0.2, 0.25) is 0 Å². The molecule has 2 heterocycles. The summed E-state index contributed by atoms with van der Waals surface area (Å²) in [6.07, 6.45) is 6.92. The van der Waals surface area contributed by atoms with E-state index in [0.717, 1.165) is 32.4 Å². The predicted octanol–water partition coefficient (Wildman–Crippen LogP) is 2.47. The van der Waals surface area contributed by atoms with E-state index in [-0.39, 0.29) is 18.2 Å². The largest absolute Gasteiger partial charge is 0.380 e. The molecule has 1 fully saturated rings. The molecule has 2 amide bonds. The lowest BCUT2D eigenvalue weighted by Gasteiger charge is -2.33. The third kappa shape index (κ3) is 4.70. The molecule has 0 aliphatic carbocycles. The maximum absolute atomic E-state index is 12.2. The number of pyridine rings is 1. The number of piperidine rings is 1. The van der Waals surface area contributed by atoms with E-state index in [0.29, 0.717) is 5.92 Å². The Labute approximate surface area is 133 Å². The van der Waals surface area contributed by atoms with Crippen molar-refractivity contribution in [2.75, 3.05) is 20.2 Å². The van der Waals surface area contributed by atoms with Crippen molar-refractivity contribution >= 4 is 6.03 Å². The third-order valence-corrected chi connectivity index (χ3v) is 4.58. The van der Waals surface area contributed by atoms with Crippen molar-refractivity contribution in [3.63, 3.8) is 0 Å². The number of likely N-dealkylation sites (tertiary alicyclic amines) is 1. The summed E-state index contributed by atoms with van der Waals surface area (Å²) in [5.41, 5.74) is 1.29. The number of carbonyl (C=O) groups excluding carboxylic acids is 1. The highest BCUT2D eigenvalue weighted by molar-refractivity contribution is 5.74. The molecule has 2 atom stereocenters. The summed E-state index contributed by atoms with van der Waals surface area (Å²) in [6, 6.07) is 4.15. The molecule has 1 aromatic rings. The van der Waals surface area contributed by atoms with Gasteiger partial charge in [0.25, 0.3) is 0 Å². The number of rotatable bonds is 5. The van der Waals surface area contributed by atoms with Crippen LogP contribution in [0.4, 0.5) is 4.79 Å². The summed E-state index contributed by atoms with van der Waals surface area (Å²) < 4.78 is 5.24. The fourth-order valence-corrected chi connectivity index (χ4v) is 2.80. The number of nitrogens with zero attached hydrogens (tertiary/aromatic N) is 2. The van der Waals surface area contributed by atoms with E-state index in [1.54, 1.807) is 13.3 Å². The molecule has 0 bridgehead atoms. The Morgan fingerprint density at radius 1 is 1.45 bits per heavy atom. The van der Waals surface area contributed by atoms with Gasteiger partial charge in [-0.2, -0.15) is 0 Å². The average molecular weight is 305 g/mol. The second kappa shape index (κ2) is 8.13. The molecule has 0 aromatic carbocycles. The molecule has 1 aliphatic heterocycles. The summed E-state index contributed by atoms with van der Waals surface area (Å²) >= 11 is 0. The quantitative estimate of drug-likeness (QED) is 0.909. The fourth-order valence-electron chi connectivity index (χ4n) is 2.80. The van der Waals surface area contributed by atoms with E-state index >= 15 is 0 Å². The topological polar surface area (TPSA) is 54.5 Å². The Kier molecular flexibility index (Phi) is 6.19. The molecule has 122 valence electrons. The molecule has 0 radical (unpaired) electrons. The minimum atomic E-state index is 0.0191. The number of amides is 2. The Balaban J connectivity index is 1.76. The van der Waals surface area contributed by atoms with Gasteiger partial charge in [-0.3, -0.25) is 4.98 Å². The van der Waals surface area contributed by atoms with Crippen molar-refractivity contribution in [3.8, 4) is 0 Å². The number of ether oxygens (including phenoxy) is 1. The lowest BCUT2D eigenvalue weighted by atomic mass is 9.91. The first-order valence-corrected chi connectivity index (χ1v) is 8.07. The van der Waals surface area contributed by atoms with Gasteiger partial charge >= 0.3 is 6.03 Å². The van der Waals surface area contributed by atoms with Gasteiger partial charge in [-0.1, -0.05) is 6.07 Å². The first kappa shape index (κ1) is 16.7. The molecule has 2 rings (SSSR count). The van der Waals surface area contributed by atoms with E-state index < -0.39 is 0 Å². The third-order valence-electron chi connectivity index (χ3n) is 4.58. The Bertz CT molecular complexity index is 458. The molecule has 5 nitrogen and oxygen atoms in total. The van der Waals surface area contributed by atoms with Gasteiger partial charge in [0.2, 0.25) is 0 Å². The van der Waals surface area contributed by atoms with Crippen LogP contribution in [0.15, 0.2) is 24.5 Å². The van der Waals surface area contributed by atoms with Crippen molar-refractivity contribution in [1.29, 1.82) is 0 Å². The zero-order valence-electron chi connectivity index (χ0n) is 13.8. The van der Waals surface area contributed by atoms with E-state index in [2.05, 4.69) is 16.4 Å². The smallest absolute Gasteiger partial charge is 0.317 e. The Morgan fingerprint density at radius 3 is 2.77 bits per heavy atom. The second-order valence-corrected chi connectivity index (χ2v) is 6.17. The van der Waals surface area contributed by atoms with Crippen LogP contribution in [0, 0.1) is 5.92 Å². The van der Waals surface area contributed by atoms with Gasteiger partial charge in [-0.05, 0) is 50.7 Å². The Morgan fingerprint density at radius 2 is 2.18 bits per heavy atom. The first-order valence-electron chi connectivity index (χ1n) is 8.07. The van der Waals surface area contributed by atoms with Gasteiger partial charge < -0.3 is 15.0 Å². The molecular weight excluding hydrogens is 278 g/mol. The summed E-state index contributed by atoms with van der Waals surface area (Å²) in [6.45, 7) is 5.59. The molecule has 1 aliphatic rings. The lowest BCUT2D eigenvalue weighted by Crippen LogP contribution is -2.50. The summed E-state index contributed by atoms with van der Waals surface area (Å²) in [5.74, 6) is 0.642. The number of aromatic nitrogens is 1. The Hall–Kier alpha value is -1.62. The van der Waals surface area contributed by atoms with E-state index in [1.165, 1.54) is 5.56 Å². The van der Waals surface area contributed by atoms with Crippen LogP contribution < -0.4 is 5.32 Å². The molecule has 22 heavy (non-hydrogen) atoms. The van der Waals surface area contributed by atoms with Crippen LogP contribution in [0.1, 0.15) is 32.3 Å². The minimum Gasteiger partial charge on any atom is -0.380 e. The van der Waals surface area contributed by atoms with Crippen molar-refractivity contribution in [3.05, 3.63) is 30.1 Å². The number of methoxy groups -OCH3 is 1. The van der Waals surface area contributed by atoms with Gasteiger partial charge in [0.1, 0.15) is 0 Å². The van der Waals surface area contributed by atoms with E-state index in [9.17, 15) is 4.79 Å². The molecule has 5 heteroatoms. The summed E-state index contributed by atoms with van der Waals surface area (Å²) in [7, 11) is 1.66. The molecule has 1 saturated heterocycles. The van der Waals surface area contributed by atoms with Crippen LogP contribution >= 0.6 is 0 Å². The van der Waals surface area contributed by atoms with Crippen LogP contribution in [0.3, 0.4) is 0 Å². The van der Waals surface area contributed by atoms with Gasteiger partial charge in [-0.15, -0.1) is 0 Å². The molecule has 1 N–H and O–H groups in total. The SMILES string of the molecule is CO[C@H](C)[C@H](C)NC(=O)N1CCC(Cc2cccnc2)CC1. The molecule has 0 unspecified atom stereocenters. The van der Waals surface area contributed by atoms with Crippen molar-refractivity contribution in [1.82, 2.24) is 15.2 Å². The number of nitrogens with one attached hydrogen (secondary N) is 1. The zero-order chi connectivity index (χ0) is 15.9. The molecule has 0 spiro atoms. The van der Waals surface area contributed by atoms with Gasteiger partial charge in [0, 0.05) is 32.6 Å². The van der Waals surface area contributed by atoms with Crippen LogP contribution in [-0.4, -0.2) is 48.3 Å². The fraction of sp³-hybridized carbons (Fsp3) is 0.647. The van der Waals surface area contributed by atoms with Gasteiger partial charge in [0.05, 0.1) is 12.1 Å². The van der Waals surface area contributed by atoms with Crippen LogP contribution in [0.5, 0.6) is 0 Å².